The van der Waals surface area contributed by atoms with Crippen LogP contribution in [0.5, 0.6) is 0 Å². The van der Waals surface area contributed by atoms with Gasteiger partial charge in [0.05, 0.1) is 16.7 Å². The first kappa shape index (κ1) is 26.9. The molecule has 0 saturated carbocycles. The van der Waals surface area contributed by atoms with Crippen molar-refractivity contribution in [1.29, 1.82) is 0 Å². The van der Waals surface area contributed by atoms with Gasteiger partial charge in [0.25, 0.3) is 0 Å². The van der Waals surface area contributed by atoms with Crippen molar-refractivity contribution in [3.8, 4) is 27.9 Å². The molecular weight excluding hydrogens is 613 g/mol. The maximum Gasteiger partial charge on any atom is 0.0541 e. The number of thiophene rings is 1. The average molecular weight is 641 g/mol. The van der Waals surface area contributed by atoms with Gasteiger partial charge in [-0.15, -0.1) is 11.3 Å². The van der Waals surface area contributed by atoms with E-state index in [0.29, 0.717) is 0 Å². The highest BCUT2D eigenvalue weighted by Crippen LogP contribution is 2.51. The Morgan fingerprint density at radius 1 is 0.388 bits per heavy atom. The quantitative estimate of drug-likeness (QED) is 0.186. The number of anilines is 3. The lowest BCUT2D eigenvalue weighted by molar-refractivity contribution is 1.17. The van der Waals surface area contributed by atoms with Crippen molar-refractivity contribution in [3.63, 3.8) is 0 Å². The Labute approximate surface area is 287 Å². The summed E-state index contributed by atoms with van der Waals surface area (Å²) in [6.45, 7) is 0. The number of aromatic nitrogens is 1. The van der Waals surface area contributed by atoms with Crippen LogP contribution in [-0.4, -0.2) is 4.57 Å². The molecule has 0 fully saturated rings. The van der Waals surface area contributed by atoms with Crippen molar-refractivity contribution in [3.05, 3.63) is 170 Å². The maximum absolute atomic E-state index is 2.45. The van der Waals surface area contributed by atoms with Crippen LogP contribution in [0.25, 0.3) is 80.7 Å². The summed E-state index contributed by atoms with van der Waals surface area (Å²) < 4.78 is 5.00. The van der Waals surface area contributed by atoms with Crippen LogP contribution < -0.4 is 4.90 Å². The number of nitrogens with zero attached hydrogens (tertiary/aromatic N) is 2. The van der Waals surface area contributed by atoms with E-state index >= 15 is 0 Å². The van der Waals surface area contributed by atoms with Crippen LogP contribution in [0, 0.1) is 0 Å². The van der Waals surface area contributed by atoms with Crippen LogP contribution in [-0.2, 0) is 0 Å². The highest BCUT2D eigenvalue weighted by atomic mass is 32.1. The van der Waals surface area contributed by atoms with E-state index < -0.39 is 0 Å². The normalized spacial score (nSPS) is 12.1. The molecule has 10 aromatic rings. The van der Waals surface area contributed by atoms with Gasteiger partial charge in [0.15, 0.2) is 0 Å². The van der Waals surface area contributed by atoms with Crippen LogP contribution in [0.15, 0.2) is 170 Å². The summed E-state index contributed by atoms with van der Waals surface area (Å²) in [5.41, 5.74) is 12.3. The Hall–Kier alpha value is -6.16. The van der Waals surface area contributed by atoms with Crippen LogP contribution in [0.2, 0.25) is 0 Å². The molecule has 0 saturated heterocycles. The van der Waals surface area contributed by atoms with Gasteiger partial charge in [0.1, 0.15) is 0 Å². The lowest BCUT2D eigenvalue weighted by atomic mass is 10.00. The van der Waals surface area contributed by atoms with Crippen LogP contribution in [0.3, 0.4) is 0 Å². The standard InChI is InChI=1S/C46H28N2S/c1-2-11-33-32(10-1)38-15-9-16-40-43(27-26-39(33)46(38)40)47(31-24-25-37-36-14-5-8-19-44(36)49-45(37)28-31)29-20-22-30(23-21-29)48-41-17-6-3-12-34(41)35-13-4-7-18-42(35)48/h1-28H. The first-order valence-corrected chi connectivity index (χ1v) is 17.6. The number of rotatable bonds is 4. The molecule has 0 N–H and O–H groups in total. The topological polar surface area (TPSA) is 8.17 Å². The summed E-state index contributed by atoms with van der Waals surface area (Å²) in [6, 6.07) is 62.5. The molecule has 0 unspecified atom stereocenters. The molecule has 2 nitrogen and oxygen atoms in total. The van der Waals surface area contributed by atoms with E-state index in [4.69, 9.17) is 0 Å². The summed E-state index contributed by atoms with van der Waals surface area (Å²) in [5, 5.41) is 7.76. The third kappa shape index (κ3) is 3.82. The number of hydrogen-bond donors (Lipinski definition) is 0. The van der Waals surface area contributed by atoms with E-state index in [1.54, 1.807) is 0 Å². The first-order chi connectivity index (χ1) is 24.3. The molecule has 8 aromatic carbocycles. The lowest BCUT2D eigenvalue weighted by Crippen LogP contribution is -2.10. The zero-order valence-corrected chi connectivity index (χ0v) is 27.3. The molecule has 2 heterocycles. The molecule has 0 atom stereocenters. The Morgan fingerprint density at radius 3 is 1.71 bits per heavy atom. The molecule has 49 heavy (non-hydrogen) atoms. The van der Waals surface area contributed by atoms with Gasteiger partial charge < -0.3 is 9.47 Å². The van der Waals surface area contributed by atoms with Crippen molar-refractivity contribution < 1.29 is 0 Å². The van der Waals surface area contributed by atoms with Gasteiger partial charge in [-0.2, -0.15) is 0 Å². The summed E-state index contributed by atoms with van der Waals surface area (Å²) in [6.07, 6.45) is 0. The molecule has 0 aliphatic heterocycles. The molecule has 2 aromatic heterocycles. The van der Waals surface area contributed by atoms with E-state index in [2.05, 4.69) is 179 Å². The molecule has 3 heteroatoms. The van der Waals surface area contributed by atoms with Crippen LogP contribution >= 0.6 is 11.3 Å². The van der Waals surface area contributed by atoms with Crippen molar-refractivity contribution in [1.82, 2.24) is 4.57 Å². The van der Waals surface area contributed by atoms with Crippen molar-refractivity contribution >= 4 is 81.1 Å². The van der Waals surface area contributed by atoms with Crippen LogP contribution in [0.4, 0.5) is 17.1 Å². The second-order valence-corrected chi connectivity index (χ2v) is 14.0. The van der Waals surface area contributed by atoms with Gasteiger partial charge in [-0.3, -0.25) is 0 Å². The third-order valence-corrected chi connectivity index (χ3v) is 11.5. The van der Waals surface area contributed by atoms with E-state index in [1.807, 2.05) is 11.3 Å². The summed E-state index contributed by atoms with van der Waals surface area (Å²) in [7, 11) is 0. The first-order valence-electron chi connectivity index (χ1n) is 16.8. The molecule has 1 aliphatic carbocycles. The monoisotopic (exact) mass is 640 g/mol. The molecule has 228 valence electrons. The van der Waals surface area contributed by atoms with Gasteiger partial charge in [-0.1, -0.05) is 109 Å². The van der Waals surface area contributed by atoms with Gasteiger partial charge >= 0.3 is 0 Å². The predicted molar refractivity (Wildman–Crippen MR) is 210 cm³/mol. The molecule has 1 aliphatic rings. The number of benzene rings is 8. The Kier molecular flexibility index (Phi) is 5.57. The van der Waals surface area contributed by atoms with Gasteiger partial charge in [-0.25, -0.2) is 0 Å². The zero-order chi connectivity index (χ0) is 32.1. The van der Waals surface area contributed by atoms with Gasteiger partial charge in [-0.05, 0) is 88.3 Å². The Bertz CT molecular complexity index is 2860. The molecular formula is C46H28N2S. The van der Waals surface area contributed by atoms with Gasteiger partial charge in [0.2, 0.25) is 0 Å². The highest BCUT2D eigenvalue weighted by molar-refractivity contribution is 7.25. The fourth-order valence-corrected chi connectivity index (χ4v) is 9.36. The van der Waals surface area contributed by atoms with E-state index in [-0.39, 0.29) is 0 Å². The Balaban J connectivity index is 1.14. The molecule has 0 amide bonds. The minimum Gasteiger partial charge on any atom is -0.310 e. The zero-order valence-electron chi connectivity index (χ0n) is 26.5. The third-order valence-electron chi connectivity index (χ3n) is 10.3. The van der Waals surface area contributed by atoms with Crippen LogP contribution in [0.1, 0.15) is 0 Å². The number of para-hydroxylation sites is 2. The molecule has 0 spiro atoms. The molecule has 0 radical (unpaired) electrons. The number of hydrogen-bond acceptors (Lipinski definition) is 2. The molecule has 11 rings (SSSR count). The fourth-order valence-electron chi connectivity index (χ4n) is 8.22. The Morgan fingerprint density at radius 2 is 0.959 bits per heavy atom. The van der Waals surface area contributed by atoms with Crippen molar-refractivity contribution in [2.24, 2.45) is 0 Å². The highest BCUT2D eigenvalue weighted by Gasteiger charge is 2.25. The lowest BCUT2D eigenvalue weighted by Gasteiger charge is -2.27. The second-order valence-electron chi connectivity index (χ2n) is 12.9. The SMILES string of the molecule is c1ccc2c(c1)-c1cccc3c(N(c4ccc(-n5c6ccccc6c6ccccc65)cc4)c4ccc5c(c4)sc4ccccc45)ccc-2c13. The largest absolute Gasteiger partial charge is 0.310 e. The number of fused-ring (bicyclic) bond motifs is 9. The fraction of sp³-hybridized carbons (Fsp3) is 0. The summed E-state index contributed by atoms with van der Waals surface area (Å²) in [5.74, 6) is 0. The van der Waals surface area contributed by atoms with Crippen molar-refractivity contribution in [2.45, 2.75) is 0 Å². The second kappa shape index (κ2) is 10.2. The van der Waals surface area contributed by atoms with Crippen molar-refractivity contribution in [2.75, 3.05) is 4.90 Å². The summed E-state index contributed by atoms with van der Waals surface area (Å²) in [4.78, 5) is 2.45. The summed E-state index contributed by atoms with van der Waals surface area (Å²) >= 11 is 1.87. The van der Waals surface area contributed by atoms with Gasteiger partial charge in [0, 0.05) is 53.4 Å². The predicted octanol–water partition coefficient (Wildman–Crippen LogP) is 13.4. The maximum atomic E-state index is 2.45. The molecule has 0 bridgehead atoms. The van der Waals surface area contributed by atoms with E-state index in [1.165, 1.54) is 80.7 Å². The smallest absolute Gasteiger partial charge is 0.0541 e. The van der Waals surface area contributed by atoms with E-state index in [9.17, 15) is 0 Å². The van der Waals surface area contributed by atoms with E-state index in [0.717, 1.165) is 17.1 Å². The minimum absolute atomic E-state index is 1.13. The minimum atomic E-state index is 1.13. The average Bonchev–Trinajstić information content (AvgIpc) is 3.81.